The van der Waals surface area contributed by atoms with Crippen LogP contribution in [0.2, 0.25) is 12.1 Å². The first-order valence-electron chi connectivity index (χ1n) is 5.26. The first kappa shape index (κ1) is 11.7. The van der Waals surface area contributed by atoms with Gasteiger partial charge >= 0.3 is 0 Å². The average molecular weight is 214 g/mol. The van der Waals surface area contributed by atoms with Gasteiger partial charge in [-0.2, -0.15) is 0 Å². The third-order valence-electron chi connectivity index (χ3n) is 2.56. The highest BCUT2D eigenvalue weighted by Crippen LogP contribution is 2.07. The summed E-state index contributed by atoms with van der Waals surface area (Å²) in [6.07, 6.45) is 6.00. The lowest BCUT2D eigenvalue weighted by Gasteiger charge is -2.14. The van der Waals surface area contributed by atoms with E-state index >= 15 is 0 Å². The molecule has 0 unspecified atom stereocenters. The lowest BCUT2D eigenvalue weighted by Crippen LogP contribution is -2.30. The molecule has 1 aromatic carbocycles. The van der Waals surface area contributed by atoms with Crippen LogP contribution >= 0.6 is 0 Å². The van der Waals surface area contributed by atoms with E-state index in [9.17, 15) is 0 Å². The first-order valence-corrected chi connectivity index (χ1v) is 7.47. The van der Waals surface area contributed by atoms with Crippen molar-refractivity contribution in [3.8, 4) is 0 Å². The Morgan fingerprint density at radius 2 is 1.60 bits per heavy atom. The van der Waals surface area contributed by atoms with Gasteiger partial charge in [-0.05, 0) is 17.7 Å². The molecule has 0 aliphatic carbocycles. The highest BCUT2D eigenvalue weighted by molar-refractivity contribution is 6.74. The molecule has 1 rings (SSSR count). The van der Waals surface area contributed by atoms with Crippen LogP contribution in [0, 0.1) is 0 Å². The number of hydrogen-bond acceptors (Lipinski definition) is 0. The van der Waals surface area contributed by atoms with Crippen molar-refractivity contribution in [3.63, 3.8) is 0 Å². The minimum Gasteiger partial charge on any atom is -0.103 e. The molecule has 0 fully saturated rings. The maximum atomic E-state index is 3.86. The second-order valence-electron chi connectivity index (χ2n) is 3.58. The summed E-state index contributed by atoms with van der Waals surface area (Å²) in [6, 6.07) is 10.8. The van der Waals surface area contributed by atoms with Crippen molar-refractivity contribution in [3.05, 3.63) is 61.7 Å². The normalized spacial score (nSPS) is 9.93. The quantitative estimate of drug-likeness (QED) is 0.504. The molecule has 0 aromatic heterocycles. The van der Waals surface area contributed by atoms with Crippen molar-refractivity contribution in [1.29, 1.82) is 0 Å². The molecular formula is C14H18Si. The van der Waals surface area contributed by atoms with Crippen LogP contribution in [0.3, 0.4) is 0 Å². The third-order valence-corrected chi connectivity index (χ3v) is 5.77. The number of allylic oxidation sites excluding steroid dienone is 2. The first-order chi connectivity index (χ1) is 7.33. The highest BCUT2D eigenvalue weighted by atomic mass is 28.3. The zero-order valence-corrected chi connectivity index (χ0v) is 10.3. The van der Waals surface area contributed by atoms with Gasteiger partial charge in [0.2, 0.25) is 0 Å². The summed E-state index contributed by atoms with van der Waals surface area (Å²) < 4.78 is 0. The molecule has 1 aromatic rings. The van der Waals surface area contributed by atoms with Crippen LogP contribution in [0.1, 0.15) is 5.56 Å². The second kappa shape index (κ2) is 6.20. The van der Waals surface area contributed by atoms with Gasteiger partial charge in [0.25, 0.3) is 0 Å². The molecule has 0 heterocycles. The third kappa shape index (κ3) is 3.06. The summed E-state index contributed by atoms with van der Waals surface area (Å²) in [5, 5.41) is 1.48. The van der Waals surface area contributed by atoms with Gasteiger partial charge in [0.1, 0.15) is 0 Å². The minimum absolute atomic E-state index is 0.956. The summed E-state index contributed by atoms with van der Waals surface area (Å²) in [4.78, 5) is 0. The fraction of sp³-hybridized carbons (Fsp3) is 0.143. The van der Waals surface area contributed by atoms with Crippen molar-refractivity contribution in [1.82, 2.24) is 0 Å². The number of rotatable bonds is 6. The minimum atomic E-state index is -0.956. The molecular weight excluding hydrogens is 196 g/mol. The highest BCUT2D eigenvalue weighted by Gasteiger charge is 2.12. The van der Waals surface area contributed by atoms with E-state index in [-0.39, 0.29) is 0 Å². The molecule has 0 spiro atoms. The van der Waals surface area contributed by atoms with Crippen LogP contribution in [-0.4, -0.2) is 8.80 Å². The van der Waals surface area contributed by atoms with Crippen molar-refractivity contribution in [2.75, 3.05) is 0 Å². The molecule has 1 heteroatoms. The van der Waals surface area contributed by atoms with E-state index in [4.69, 9.17) is 0 Å². The predicted molar refractivity (Wildman–Crippen MR) is 73.3 cm³/mol. The van der Waals surface area contributed by atoms with Crippen molar-refractivity contribution < 1.29 is 0 Å². The molecule has 0 atom stereocenters. The monoisotopic (exact) mass is 214 g/mol. The predicted octanol–water partition coefficient (Wildman–Crippen LogP) is 3.14. The van der Waals surface area contributed by atoms with Gasteiger partial charge in [0, 0.05) is 0 Å². The molecule has 0 radical (unpaired) electrons. The van der Waals surface area contributed by atoms with Crippen molar-refractivity contribution >= 4 is 20.1 Å². The Morgan fingerprint density at radius 3 is 2.13 bits per heavy atom. The topological polar surface area (TPSA) is 0 Å². The van der Waals surface area contributed by atoms with E-state index in [2.05, 4.69) is 44.0 Å². The molecule has 0 amide bonds. The van der Waals surface area contributed by atoms with Gasteiger partial charge in [-0.15, -0.1) is 13.2 Å². The van der Waals surface area contributed by atoms with E-state index in [1.165, 1.54) is 10.8 Å². The molecule has 0 N–H and O–H groups in total. The number of benzene rings is 1. The van der Waals surface area contributed by atoms with Gasteiger partial charge in [-0.1, -0.05) is 54.3 Å². The summed E-state index contributed by atoms with van der Waals surface area (Å²) in [6.45, 7) is 11.5. The van der Waals surface area contributed by atoms with Gasteiger partial charge in [0.05, 0.1) is 8.80 Å². The molecule has 0 aliphatic heterocycles. The Morgan fingerprint density at radius 1 is 1.00 bits per heavy atom. The van der Waals surface area contributed by atoms with Gasteiger partial charge in [-0.3, -0.25) is 0 Å². The maximum Gasteiger partial charge on any atom is 0.0789 e. The zero-order valence-electron chi connectivity index (χ0n) is 9.15. The Labute approximate surface area is 94.3 Å². The van der Waals surface area contributed by atoms with Crippen LogP contribution in [-0.2, 0) is 0 Å². The summed E-state index contributed by atoms with van der Waals surface area (Å²) in [5.74, 6) is 0. The smallest absolute Gasteiger partial charge is 0.0789 e. The second-order valence-corrected chi connectivity index (χ2v) is 6.54. The zero-order chi connectivity index (χ0) is 11.1. The van der Waals surface area contributed by atoms with Gasteiger partial charge in [0.15, 0.2) is 0 Å². The van der Waals surface area contributed by atoms with E-state index in [0.29, 0.717) is 0 Å². The van der Waals surface area contributed by atoms with Crippen molar-refractivity contribution in [2.45, 2.75) is 12.1 Å². The van der Waals surface area contributed by atoms with Crippen LogP contribution in [0.5, 0.6) is 0 Å². The summed E-state index contributed by atoms with van der Waals surface area (Å²) >= 11 is 0. The van der Waals surface area contributed by atoms with Crippen molar-refractivity contribution in [2.24, 2.45) is 0 Å². The van der Waals surface area contributed by atoms with E-state index in [1.54, 1.807) is 0 Å². The lowest BCUT2D eigenvalue weighted by molar-refractivity contribution is 1.53. The van der Waals surface area contributed by atoms with Gasteiger partial charge in [-0.25, -0.2) is 0 Å². The Balaban J connectivity index is 3.02. The summed E-state index contributed by atoms with van der Waals surface area (Å²) in [7, 11) is -0.956. The SMILES string of the molecule is C=CC[SiH](CC=C)c1ccccc1C=C. The number of hydrogen-bond donors (Lipinski definition) is 0. The molecule has 0 nitrogen and oxygen atoms in total. The molecule has 0 aliphatic rings. The Kier molecular flexibility index (Phi) is 4.85. The van der Waals surface area contributed by atoms with E-state index in [0.717, 1.165) is 12.1 Å². The molecule has 0 bridgehead atoms. The lowest BCUT2D eigenvalue weighted by atomic mass is 10.2. The standard InChI is InChI=1S/C14H18Si/c1-4-11-15(12-5-2)14-10-8-7-9-13(14)6-3/h4-10,15H,1-3,11-12H2. The molecule has 78 valence electrons. The maximum absolute atomic E-state index is 3.86. The molecule has 15 heavy (non-hydrogen) atoms. The molecule has 0 saturated heterocycles. The van der Waals surface area contributed by atoms with Crippen LogP contribution < -0.4 is 5.19 Å². The van der Waals surface area contributed by atoms with Gasteiger partial charge < -0.3 is 0 Å². The fourth-order valence-electron chi connectivity index (χ4n) is 1.82. The van der Waals surface area contributed by atoms with E-state index < -0.39 is 8.80 Å². The van der Waals surface area contributed by atoms with E-state index in [1.807, 2.05) is 18.2 Å². The van der Waals surface area contributed by atoms with Crippen LogP contribution in [0.15, 0.2) is 56.2 Å². The Hall–Kier alpha value is -1.34. The summed E-state index contributed by atoms with van der Waals surface area (Å²) in [5.41, 5.74) is 1.28. The fourth-order valence-corrected chi connectivity index (χ4v) is 4.39. The van der Waals surface area contributed by atoms with Crippen LogP contribution in [0.25, 0.3) is 6.08 Å². The molecule has 0 saturated carbocycles. The average Bonchev–Trinajstić information content (AvgIpc) is 2.29. The Bertz CT molecular complexity index is 342. The largest absolute Gasteiger partial charge is 0.103 e. The van der Waals surface area contributed by atoms with Crippen LogP contribution in [0.4, 0.5) is 0 Å².